The van der Waals surface area contributed by atoms with Gasteiger partial charge in [0.25, 0.3) is 5.56 Å². The van der Waals surface area contributed by atoms with Crippen molar-refractivity contribution in [3.8, 4) is 17.5 Å². The number of nitrogens with zero attached hydrogens (tertiary/aromatic N) is 5. The fourth-order valence-corrected chi connectivity index (χ4v) is 4.59. The molecule has 3 heterocycles. The molecule has 170 valence electrons. The molecule has 1 aromatic carbocycles. The van der Waals surface area contributed by atoms with E-state index in [1.807, 2.05) is 42.7 Å². The van der Waals surface area contributed by atoms with Crippen LogP contribution in [0.5, 0.6) is 0 Å². The fourth-order valence-electron chi connectivity index (χ4n) is 4.59. The van der Waals surface area contributed by atoms with Crippen LogP contribution >= 0.6 is 0 Å². The van der Waals surface area contributed by atoms with Gasteiger partial charge in [-0.25, -0.2) is 14.6 Å². The first-order chi connectivity index (χ1) is 16.5. The van der Waals surface area contributed by atoms with E-state index in [9.17, 15) is 4.79 Å². The van der Waals surface area contributed by atoms with Crippen molar-refractivity contribution >= 4 is 28.5 Å². The topological polar surface area (TPSA) is 91.6 Å². The monoisotopic (exact) mass is 450 g/mol. The van der Waals surface area contributed by atoms with Gasteiger partial charge in [0.15, 0.2) is 5.65 Å². The molecule has 0 spiro atoms. The zero-order chi connectivity index (χ0) is 23.8. The van der Waals surface area contributed by atoms with Crippen molar-refractivity contribution < 1.29 is 0 Å². The van der Waals surface area contributed by atoms with E-state index < -0.39 is 0 Å². The van der Waals surface area contributed by atoms with Gasteiger partial charge in [0, 0.05) is 17.3 Å². The normalized spacial score (nSPS) is 12.7. The molecule has 4 aromatic rings. The van der Waals surface area contributed by atoms with Crippen LogP contribution in [0.25, 0.3) is 28.4 Å². The zero-order valence-electron chi connectivity index (χ0n) is 19.6. The van der Waals surface area contributed by atoms with E-state index in [-0.39, 0.29) is 5.56 Å². The first-order valence-electron chi connectivity index (χ1n) is 11.5. The number of nitrogen functional groups attached to an aromatic ring is 1. The largest absolute Gasteiger partial charge is 0.383 e. The number of aryl methyl sites for hydroxylation is 1. The number of pyridine rings is 1. The number of hydrogen-bond donors (Lipinski definition) is 1. The van der Waals surface area contributed by atoms with Crippen LogP contribution in [-0.2, 0) is 6.54 Å². The molecule has 0 radical (unpaired) electrons. The second-order valence-corrected chi connectivity index (χ2v) is 8.54. The summed E-state index contributed by atoms with van der Waals surface area (Å²) in [5.74, 6) is 6.49. The summed E-state index contributed by atoms with van der Waals surface area (Å²) >= 11 is 0. The number of hydrogen-bond acceptors (Lipinski definition) is 5. The minimum atomic E-state index is -0.00755. The van der Waals surface area contributed by atoms with Gasteiger partial charge in [-0.15, -0.1) is 0 Å². The second-order valence-electron chi connectivity index (χ2n) is 8.54. The van der Waals surface area contributed by atoms with Crippen LogP contribution in [0.2, 0.25) is 0 Å². The van der Waals surface area contributed by atoms with Crippen molar-refractivity contribution in [2.75, 3.05) is 5.73 Å². The molecule has 5 rings (SSSR count). The average molecular weight is 451 g/mol. The Bertz CT molecular complexity index is 1680. The quantitative estimate of drug-likeness (QED) is 0.484. The number of para-hydroxylation sites is 1. The maximum atomic E-state index is 13.9. The molecule has 0 fully saturated rings. The van der Waals surface area contributed by atoms with Crippen molar-refractivity contribution in [2.24, 2.45) is 0 Å². The molecule has 34 heavy (non-hydrogen) atoms. The minimum absolute atomic E-state index is 0.00755. The summed E-state index contributed by atoms with van der Waals surface area (Å²) in [6, 6.07) is 10.0. The average Bonchev–Trinajstić information content (AvgIpc) is 3.17. The van der Waals surface area contributed by atoms with Gasteiger partial charge in [-0.3, -0.25) is 9.36 Å². The number of benzene rings is 1. The van der Waals surface area contributed by atoms with E-state index in [1.54, 1.807) is 4.68 Å². The number of rotatable bonds is 3. The van der Waals surface area contributed by atoms with Crippen LogP contribution in [0, 0.1) is 18.8 Å². The summed E-state index contributed by atoms with van der Waals surface area (Å²) < 4.78 is 3.58. The summed E-state index contributed by atoms with van der Waals surface area (Å²) in [6.45, 7) is 6.39. The lowest BCUT2D eigenvalue weighted by Crippen LogP contribution is -2.48. The van der Waals surface area contributed by atoms with Gasteiger partial charge in [0.2, 0.25) is 0 Å². The van der Waals surface area contributed by atoms with Gasteiger partial charge in [-0.05, 0) is 55.5 Å². The van der Waals surface area contributed by atoms with E-state index in [0.29, 0.717) is 35.5 Å². The first-order valence-corrected chi connectivity index (χ1v) is 11.5. The number of aromatic nitrogens is 5. The van der Waals surface area contributed by atoms with Crippen LogP contribution in [0.4, 0.5) is 5.82 Å². The Morgan fingerprint density at radius 3 is 2.79 bits per heavy atom. The van der Waals surface area contributed by atoms with Gasteiger partial charge in [-0.2, -0.15) is 5.10 Å². The van der Waals surface area contributed by atoms with Gasteiger partial charge >= 0.3 is 0 Å². The molecule has 1 aliphatic carbocycles. The molecular weight excluding hydrogens is 424 g/mol. The molecule has 0 amide bonds. The molecule has 2 N–H and O–H groups in total. The molecule has 7 nitrogen and oxygen atoms in total. The van der Waals surface area contributed by atoms with Crippen LogP contribution in [0.1, 0.15) is 50.1 Å². The Balaban J connectivity index is 1.80. The molecule has 0 saturated carbocycles. The van der Waals surface area contributed by atoms with Crippen LogP contribution in [0.15, 0.2) is 41.5 Å². The predicted molar refractivity (Wildman–Crippen MR) is 135 cm³/mol. The van der Waals surface area contributed by atoms with Gasteiger partial charge < -0.3 is 5.73 Å². The van der Waals surface area contributed by atoms with E-state index in [4.69, 9.17) is 10.8 Å². The third kappa shape index (κ3) is 3.57. The Morgan fingerprint density at radius 1 is 1.18 bits per heavy atom. The highest BCUT2D eigenvalue weighted by Crippen LogP contribution is 2.22. The van der Waals surface area contributed by atoms with Crippen molar-refractivity contribution in [1.82, 2.24) is 24.3 Å². The number of nitrogens with two attached hydrogens (primary N) is 1. The van der Waals surface area contributed by atoms with Crippen molar-refractivity contribution in [2.45, 2.75) is 46.6 Å². The maximum Gasteiger partial charge on any atom is 0.263 e. The smallest absolute Gasteiger partial charge is 0.263 e. The molecule has 0 bridgehead atoms. The van der Waals surface area contributed by atoms with Gasteiger partial charge in [-0.1, -0.05) is 42.7 Å². The number of fused-ring (bicyclic) bond motifs is 2. The third-order valence-electron chi connectivity index (χ3n) is 6.24. The van der Waals surface area contributed by atoms with E-state index in [2.05, 4.69) is 40.9 Å². The van der Waals surface area contributed by atoms with Gasteiger partial charge in [0.1, 0.15) is 17.8 Å². The van der Waals surface area contributed by atoms with E-state index in [1.165, 1.54) is 6.33 Å². The van der Waals surface area contributed by atoms with Crippen molar-refractivity contribution in [3.05, 3.63) is 74.4 Å². The lowest BCUT2D eigenvalue weighted by Gasteiger charge is -2.18. The minimum Gasteiger partial charge on any atom is -0.383 e. The lowest BCUT2D eigenvalue weighted by atomic mass is 10.0. The van der Waals surface area contributed by atoms with Crippen LogP contribution < -0.4 is 21.7 Å². The molecule has 0 atom stereocenters. The molecule has 0 saturated heterocycles. The third-order valence-corrected chi connectivity index (χ3v) is 6.24. The van der Waals surface area contributed by atoms with Crippen molar-refractivity contribution in [1.29, 1.82) is 0 Å². The Kier molecular flexibility index (Phi) is 5.50. The second kappa shape index (κ2) is 8.64. The molecule has 0 aliphatic heterocycles. The highest BCUT2D eigenvalue weighted by atomic mass is 16.1. The fraction of sp³-hybridized carbons (Fsp3) is 0.259. The molecule has 1 aliphatic rings. The summed E-state index contributed by atoms with van der Waals surface area (Å²) in [5, 5.41) is 7.14. The summed E-state index contributed by atoms with van der Waals surface area (Å²) in [6.07, 6.45) is 6.10. The lowest BCUT2D eigenvalue weighted by molar-refractivity contribution is 0.662. The summed E-state index contributed by atoms with van der Waals surface area (Å²) in [7, 11) is 0. The molecular formula is C27H26N6O. The Labute approximate surface area is 197 Å². The standard InChI is InChI=1S/C27H26N6O/c1-4-5-12-21-24-25(28)29-16-30-26(24)32(31-21)15-20-14-19-11-8-10-18(3)23(19)27(34)33(20)22-13-7-6-9-17(22)2/h6-7,9,11,13-14,16H,4,8,10,15H2,1-3H3,(H2,28,29,30). The highest BCUT2D eigenvalue weighted by molar-refractivity contribution is 5.90. The molecule has 0 unspecified atom stereocenters. The zero-order valence-corrected chi connectivity index (χ0v) is 19.6. The van der Waals surface area contributed by atoms with E-state index >= 15 is 0 Å². The van der Waals surface area contributed by atoms with Crippen LogP contribution in [-0.4, -0.2) is 24.3 Å². The molecule has 7 heteroatoms. The Morgan fingerprint density at radius 2 is 2.00 bits per heavy atom. The SMILES string of the molecule is CCC#Cc1nn(Cc2cc3c(c(=O)n2-c2ccccc2C)=C(C)CCC=3)c2ncnc(N)c12. The van der Waals surface area contributed by atoms with E-state index in [0.717, 1.165) is 45.8 Å². The van der Waals surface area contributed by atoms with Crippen LogP contribution in [0.3, 0.4) is 0 Å². The maximum absolute atomic E-state index is 13.9. The highest BCUT2D eigenvalue weighted by Gasteiger charge is 2.18. The molecule has 3 aromatic heterocycles. The first kappa shape index (κ1) is 21.7. The summed E-state index contributed by atoms with van der Waals surface area (Å²) in [4.78, 5) is 22.5. The summed E-state index contributed by atoms with van der Waals surface area (Å²) in [5.41, 5.74) is 11.1. The predicted octanol–water partition coefficient (Wildman–Crippen LogP) is 2.42. The van der Waals surface area contributed by atoms with Gasteiger partial charge in [0.05, 0.1) is 17.6 Å². The van der Waals surface area contributed by atoms with Crippen molar-refractivity contribution in [3.63, 3.8) is 0 Å². The Hall–Kier alpha value is -4.18. The number of anilines is 1.